The number of oxazole rings is 1. The number of anilines is 1. The molecule has 2 rings (SSSR count). The minimum atomic E-state index is 0.270. The largest absolute Gasteiger partial charge is 0.424 e. The lowest BCUT2D eigenvalue weighted by Crippen LogP contribution is -1.99. The zero-order valence-electron chi connectivity index (χ0n) is 12.8. The van der Waals surface area contributed by atoms with Crippen molar-refractivity contribution in [3.63, 3.8) is 0 Å². The molecule has 1 aromatic heterocycles. The summed E-state index contributed by atoms with van der Waals surface area (Å²) in [5.41, 5.74) is 2.71. The number of hydrogen-bond acceptors (Lipinski definition) is 4. The van der Waals surface area contributed by atoms with Crippen LogP contribution in [-0.4, -0.2) is 4.98 Å². The predicted molar refractivity (Wildman–Crippen MR) is 83.0 cm³/mol. The van der Waals surface area contributed by atoms with E-state index in [0.717, 1.165) is 18.4 Å². The van der Waals surface area contributed by atoms with E-state index in [-0.39, 0.29) is 5.92 Å². The highest BCUT2D eigenvalue weighted by molar-refractivity contribution is 5.46. The quantitative estimate of drug-likeness (QED) is 0.855. The Balaban J connectivity index is 2.12. The third-order valence-corrected chi connectivity index (χ3v) is 3.66. The van der Waals surface area contributed by atoms with E-state index in [9.17, 15) is 5.26 Å². The Bertz CT molecular complexity index is 618. The molecule has 0 atom stereocenters. The van der Waals surface area contributed by atoms with Crippen LogP contribution in [0.4, 0.5) is 5.88 Å². The lowest BCUT2D eigenvalue weighted by atomic mass is 10.0. The second-order valence-electron chi connectivity index (χ2n) is 5.19. The number of nitrogens with zero attached hydrogens (tertiary/aromatic N) is 2. The fraction of sp³-hybridized carbons (Fsp3) is 0.412. The van der Waals surface area contributed by atoms with Crippen molar-refractivity contribution in [1.82, 2.24) is 4.98 Å². The Morgan fingerprint density at radius 3 is 2.48 bits per heavy atom. The van der Waals surface area contributed by atoms with Gasteiger partial charge in [0.1, 0.15) is 6.07 Å². The maximum atomic E-state index is 9.18. The van der Waals surface area contributed by atoms with Gasteiger partial charge in [0.2, 0.25) is 17.5 Å². The zero-order chi connectivity index (χ0) is 15.2. The van der Waals surface area contributed by atoms with Crippen LogP contribution >= 0.6 is 0 Å². The average molecular weight is 283 g/mol. The molecule has 0 aliphatic carbocycles. The van der Waals surface area contributed by atoms with Crippen molar-refractivity contribution in [2.75, 3.05) is 5.32 Å². The fourth-order valence-corrected chi connectivity index (χ4v) is 2.23. The smallest absolute Gasteiger partial charge is 0.232 e. The van der Waals surface area contributed by atoms with Gasteiger partial charge in [-0.25, -0.2) is 4.98 Å². The normalized spacial score (nSPS) is 10.6. The predicted octanol–water partition coefficient (Wildman–Crippen LogP) is 4.37. The summed E-state index contributed by atoms with van der Waals surface area (Å²) >= 11 is 0. The van der Waals surface area contributed by atoms with Crippen LogP contribution in [0.25, 0.3) is 0 Å². The van der Waals surface area contributed by atoms with Crippen LogP contribution in [-0.2, 0) is 6.54 Å². The molecule has 0 aliphatic heterocycles. The average Bonchev–Trinajstić information content (AvgIpc) is 2.91. The standard InChI is InChI=1S/C17H21N3O/c1-4-14(5-2)16-20-15(10-18)17(21-16)19-11-13-8-6-12(3)7-9-13/h6-9,14,19H,4-5,11H2,1-3H3. The highest BCUT2D eigenvalue weighted by atomic mass is 16.4. The Morgan fingerprint density at radius 2 is 1.90 bits per heavy atom. The summed E-state index contributed by atoms with van der Waals surface area (Å²) in [7, 11) is 0. The summed E-state index contributed by atoms with van der Waals surface area (Å²) in [6.45, 7) is 6.88. The van der Waals surface area contributed by atoms with E-state index in [2.05, 4.69) is 61.4 Å². The van der Waals surface area contributed by atoms with E-state index in [1.54, 1.807) is 0 Å². The van der Waals surface area contributed by atoms with Crippen LogP contribution in [0.5, 0.6) is 0 Å². The summed E-state index contributed by atoms with van der Waals surface area (Å²) in [4.78, 5) is 4.31. The summed E-state index contributed by atoms with van der Waals surface area (Å²) in [6, 6.07) is 10.4. The highest BCUT2D eigenvalue weighted by Crippen LogP contribution is 2.27. The van der Waals surface area contributed by atoms with Crippen LogP contribution in [0.3, 0.4) is 0 Å². The number of aromatic nitrogens is 1. The van der Waals surface area contributed by atoms with E-state index in [1.807, 2.05) is 0 Å². The SMILES string of the molecule is CCC(CC)c1nc(C#N)c(NCc2ccc(C)cc2)o1. The van der Waals surface area contributed by atoms with E-state index < -0.39 is 0 Å². The van der Waals surface area contributed by atoms with Crippen molar-refractivity contribution in [2.24, 2.45) is 0 Å². The molecule has 4 nitrogen and oxygen atoms in total. The number of rotatable bonds is 6. The molecule has 0 saturated heterocycles. The third kappa shape index (κ3) is 3.63. The Hall–Kier alpha value is -2.28. The molecule has 21 heavy (non-hydrogen) atoms. The molecule has 1 aromatic carbocycles. The van der Waals surface area contributed by atoms with Gasteiger partial charge in [0.25, 0.3) is 0 Å². The first-order chi connectivity index (χ1) is 10.2. The van der Waals surface area contributed by atoms with Gasteiger partial charge in [-0.15, -0.1) is 0 Å². The maximum Gasteiger partial charge on any atom is 0.232 e. The molecule has 2 aromatic rings. The van der Waals surface area contributed by atoms with E-state index in [1.165, 1.54) is 5.56 Å². The van der Waals surface area contributed by atoms with Gasteiger partial charge in [0.15, 0.2) is 0 Å². The van der Waals surface area contributed by atoms with Crippen molar-refractivity contribution in [3.8, 4) is 6.07 Å². The van der Waals surface area contributed by atoms with Gasteiger partial charge in [0, 0.05) is 12.5 Å². The number of nitrogens with one attached hydrogen (secondary N) is 1. The first-order valence-electron chi connectivity index (χ1n) is 7.38. The molecule has 0 unspecified atom stereocenters. The van der Waals surface area contributed by atoms with Crippen LogP contribution in [0.15, 0.2) is 28.7 Å². The summed E-state index contributed by atoms with van der Waals surface area (Å²) in [5.74, 6) is 1.40. The molecule has 4 heteroatoms. The van der Waals surface area contributed by atoms with Crippen molar-refractivity contribution in [3.05, 3.63) is 47.0 Å². The van der Waals surface area contributed by atoms with Crippen LogP contribution in [0, 0.1) is 18.3 Å². The summed E-state index contributed by atoms with van der Waals surface area (Å²) in [5, 5.41) is 12.4. The van der Waals surface area contributed by atoms with E-state index in [0.29, 0.717) is 24.0 Å². The highest BCUT2D eigenvalue weighted by Gasteiger charge is 2.18. The zero-order valence-corrected chi connectivity index (χ0v) is 12.8. The van der Waals surface area contributed by atoms with Crippen molar-refractivity contribution in [2.45, 2.75) is 46.1 Å². The topological polar surface area (TPSA) is 61.9 Å². The van der Waals surface area contributed by atoms with Crippen molar-refractivity contribution in [1.29, 1.82) is 5.26 Å². The number of nitriles is 1. The molecule has 0 fully saturated rings. The molecule has 0 radical (unpaired) electrons. The van der Waals surface area contributed by atoms with Crippen molar-refractivity contribution >= 4 is 5.88 Å². The molecule has 0 spiro atoms. The fourth-order valence-electron chi connectivity index (χ4n) is 2.23. The molecule has 0 amide bonds. The molecule has 0 aliphatic rings. The number of benzene rings is 1. The first kappa shape index (κ1) is 15.1. The Labute approximate surface area is 125 Å². The molecule has 1 N–H and O–H groups in total. The van der Waals surface area contributed by atoms with E-state index >= 15 is 0 Å². The van der Waals surface area contributed by atoms with Gasteiger partial charge in [-0.05, 0) is 25.3 Å². The molecule has 110 valence electrons. The summed E-state index contributed by atoms with van der Waals surface area (Å²) < 4.78 is 5.75. The molecule has 1 heterocycles. The van der Waals surface area contributed by atoms with Gasteiger partial charge < -0.3 is 9.73 Å². The van der Waals surface area contributed by atoms with Gasteiger partial charge >= 0.3 is 0 Å². The van der Waals surface area contributed by atoms with Crippen LogP contribution in [0.2, 0.25) is 0 Å². The van der Waals surface area contributed by atoms with Gasteiger partial charge in [0.05, 0.1) is 0 Å². The number of aryl methyl sites for hydroxylation is 1. The van der Waals surface area contributed by atoms with E-state index in [4.69, 9.17) is 4.42 Å². The molecular formula is C17H21N3O. The lowest BCUT2D eigenvalue weighted by Gasteiger charge is -2.06. The third-order valence-electron chi connectivity index (χ3n) is 3.66. The maximum absolute atomic E-state index is 9.18. The lowest BCUT2D eigenvalue weighted by molar-refractivity contribution is 0.439. The van der Waals surface area contributed by atoms with Crippen molar-refractivity contribution < 1.29 is 4.42 Å². The van der Waals surface area contributed by atoms with Gasteiger partial charge in [-0.2, -0.15) is 5.26 Å². The minimum Gasteiger partial charge on any atom is -0.424 e. The first-order valence-corrected chi connectivity index (χ1v) is 7.38. The second-order valence-corrected chi connectivity index (χ2v) is 5.19. The van der Waals surface area contributed by atoms with Crippen LogP contribution < -0.4 is 5.32 Å². The monoisotopic (exact) mass is 283 g/mol. The van der Waals surface area contributed by atoms with Gasteiger partial charge in [-0.1, -0.05) is 43.7 Å². The Morgan fingerprint density at radius 1 is 1.24 bits per heavy atom. The van der Waals surface area contributed by atoms with Gasteiger partial charge in [-0.3, -0.25) is 0 Å². The second kappa shape index (κ2) is 6.94. The molecular weight excluding hydrogens is 262 g/mol. The molecule has 0 saturated carbocycles. The molecule has 0 bridgehead atoms. The minimum absolute atomic E-state index is 0.270. The van der Waals surface area contributed by atoms with Crippen LogP contribution in [0.1, 0.15) is 55.3 Å². The Kier molecular flexibility index (Phi) is 4.99. The summed E-state index contributed by atoms with van der Waals surface area (Å²) in [6.07, 6.45) is 1.92. The number of hydrogen-bond donors (Lipinski definition) is 1.